The molecule has 190 valence electrons. The fraction of sp³-hybridized carbons (Fsp3) is 0.417. The minimum atomic E-state index is -1.13. The summed E-state index contributed by atoms with van der Waals surface area (Å²) in [5.41, 5.74) is 18.6. The Balaban J connectivity index is 2.06. The van der Waals surface area contributed by atoms with Gasteiger partial charge < -0.3 is 37.5 Å². The third-order valence-corrected chi connectivity index (χ3v) is 5.29. The molecule has 2 atom stereocenters. The molecule has 0 aliphatic carbocycles. The number of ether oxygens (including phenoxy) is 1. The number of amides is 3. The monoisotopic (exact) mass is 485 g/mol. The van der Waals surface area contributed by atoms with Gasteiger partial charge in [0, 0.05) is 32.2 Å². The van der Waals surface area contributed by atoms with E-state index in [-0.39, 0.29) is 25.4 Å². The summed E-state index contributed by atoms with van der Waals surface area (Å²) in [5.74, 6) is -0.934. The predicted molar refractivity (Wildman–Crippen MR) is 133 cm³/mol. The summed E-state index contributed by atoms with van der Waals surface area (Å²) in [7, 11) is 1.50. The first-order valence-corrected chi connectivity index (χ1v) is 11.5. The first-order chi connectivity index (χ1) is 16.9. The number of aromatic nitrogens is 1. The highest BCUT2D eigenvalue weighted by molar-refractivity contribution is 5.98. The number of carbonyl (C=O) groups excluding carboxylic acids is 3. The molecule has 0 saturated heterocycles. The van der Waals surface area contributed by atoms with Crippen molar-refractivity contribution in [2.24, 2.45) is 17.2 Å². The molecule has 1 aromatic heterocycles. The fourth-order valence-electron chi connectivity index (χ4n) is 3.39. The number of nitrogens with zero attached hydrogens (tertiary/aromatic N) is 2. The molecule has 0 bridgehead atoms. The number of rotatable bonds is 14. The minimum absolute atomic E-state index is 0.221. The molecule has 0 spiro atoms. The van der Waals surface area contributed by atoms with Crippen LogP contribution >= 0.6 is 0 Å². The van der Waals surface area contributed by atoms with Crippen LogP contribution in [0.5, 0.6) is 5.88 Å². The lowest BCUT2D eigenvalue weighted by molar-refractivity contribution is -0.134. The van der Waals surface area contributed by atoms with E-state index in [1.165, 1.54) is 18.2 Å². The first kappa shape index (κ1) is 27.7. The average Bonchev–Trinajstić information content (AvgIpc) is 2.87. The third kappa shape index (κ3) is 9.32. The zero-order valence-corrected chi connectivity index (χ0v) is 20.0. The van der Waals surface area contributed by atoms with E-state index in [4.69, 9.17) is 21.9 Å². The summed E-state index contributed by atoms with van der Waals surface area (Å²) in [6, 6.07) is 10.8. The largest absolute Gasteiger partial charge is 0.481 e. The SMILES string of the molecule is COc1ccc(NC(=O)[C@H](CCc2ccccc2)NC(=O)[C@@H](N)CC(=O)N(CCN)CCN)cn1. The van der Waals surface area contributed by atoms with Crippen molar-refractivity contribution in [2.45, 2.75) is 31.3 Å². The number of hydrogen-bond donors (Lipinski definition) is 5. The highest BCUT2D eigenvalue weighted by Crippen LogP contribution is 2.13. The van der Waals surface area contributed by atoms with Gasteiger partial charge in [-0.15, -0.1) is 0 Å². The summed E-state index contributed by atoms with van der Waals surface area (Å²) in [6.07, 6.45) is 2.12. The van der Waals surface area contributed by atoms with E-state index in [0.717, 1.165) is 5.56 Å². The number of hydrogen-bond acceptors (Lipinski definition) is 8. The van der Waals surface area contributed by atoms with E-state index in [1.807, 2.05) is 30.3 Å². The Kier molecular flexibility index (Phi) is 11.6. The summed E-state index contributed by atoms with van der Waals surface area (Å²) in [5, 5.41) is 5.45. The van der Waals surface area contributed by atoms with Gasteiger partial charge in [0.2, 0.25) is 23.6 Å². The molecule has 3 amide bonds. The van der Waals surface area contributed by atoms with Crippen LogP contribution in [0.25, 0.3) is 0 Å². The summed E-state index contributed by atoms with van der Waals surface area (Å²) < 4.78 is 5.03. The van der Waals surface area contributed by atoms with Gasteiger partial charge in [0.1, 0.15) is 6.04 Å². The van der Waals surface area contributed by atoms with Crippen LogP contribution in [0.1, 0.15) is 18.4 Å². The van der Waals surface area contributed by atoms with Crippen LogP contribution in [0.4, 0.5) is 5.69 Å². The Morgan fingerprint density at radius 3 is 2.29 bits per heavy atom. The molecule has 0 fully saturated rings. The van der Waals surface area contributed by atoms with Crippen molar-refractivity contribution in [3.63, 3.8) is 0 Å². The normalized spacial score (nSPS) is 12.3. The first-order valence-electron chi connectivity index (χ1n) is 11.5. The average molecular weight is 486 g/mol. The van der Waals surface area contributed by atoms with Crippen molar-refractivity contribution in [2.75, 3.05) is 38.6 Å². The number of aryl methyl sites for hydroxylation is 1. The van der Waals surface area contributed by atoms with Gasteiger partial charge >= 0.3 is 0 Å². The zero-order valence-electron chi connectivity index (χ0n) is 20.0. The minimum Gasteiger partial charge on any atom is -0.481 e. The molecule has 0 aliphatic rings. The van der Waals surface area contributed by atoms with Crippen molar-refractivity contribution < 1.29 is 19.1 Å². The van der Waals surface area contributed by atoms with Crippen molar-refractivity contribution >= 4 is 23.4 Å². The Bertz CT molecular complexity index is 935. The molecule has 0 saturated carbocycles. The zero-order chi connectivity index (χ0) is 25.6. The van der Waals surface area contributed by atoms with Gasteiger partial charge in [-0.2, -0.15) is 0 Å². The molecule has 2 aromatic rings. The van der Waals surface area contributed by atoms with Gasteiger partial charge in [-0.05, 0) is 24.5 Å². The lowest BCUT2D eigenvalue weighted by atomic mass is 10.0. The molecule has 8 N–H and O–H groups in total. The molecule has 11 nitrogen and oxygen atoms in total. The van der Waals surface area contributed by atoms with Gasteiger partial charge in [0.25, 0.3) is 0 Å². The molecular formula is C24H35N7O4. The fourth-order valence-corrected chi connectivity index (χ4v) is 3.39. The van der Waals surface area contributed by atoms with Crippen LogP contribution < -0.4 is 32.6 Å². The summed E-state index contributed by atoms with van der Waals surface area (Å²) >= 11 is 0. The van der Waals surface area contributed by atoms with E-state index >= 15 is 0 Å². The van der Waals surface area contributed by atoms with Gasteiger partial charge in [0.15, 0.2) is 0 Å². The van der Waals surface area contributed by atoms with Gasteiger partial charge in [0.05, 0.1) is 31.5 Å². The van der Waals surface area contributed by atoms with Crippen molar-refractivity contribution in [3.05, 3.63) is 54.2 Å². The number of nitrogens with one attached hydrogen (secondary N) is 2. The highest BCUT2D eigenvalue weighted by atomic mass is 16.5. The Morgan fingerprint density at radius 1 is 1.03 bits per heavy atom. The standard InChI is InChI=1S/C24H35N7O4/c1-35-21-10-8-18(16-28-21)29-24(34)20(9-7-17-5-3-2-4-6-17)30-23(33)19(27)15-22(32)31(13-11-25)14-12-26/h2-6,8,10,16,19-20H,7,9,11-15,25-27H2,1H3,(H,29,34)(H,30,33)/t19-,20-/m0/s1. The van der Waals surface area contributed by atoms with Crippen LogP contribution in [0.3, 0.4) is 0 Å². The second-order valence-corrected chi connectivity index (χ2v) is 7.93. The Hall–Kier alpha value is -3.54. The molecule has 1 aromatic carbocycles. The number of pyridine rings is 1. The maximum atomic E-state index is 13.0. The van der Waals surface area contributed by atoms with Gasteiger partial charge in [-0.25, -0.2) is 4.98 Å². The molecule has 11 heteroatoms. The van der Waals surface area contributed by atoms with Crippen LogP contribution in [0.2, 0.25) is 0 Å². The van der Waals surface area contributed by atoms with Gasteiger partial charge in [-0.1, -0.05) is 30.3 Å². The lowest BCUT2D eigenvalue weighted by Gasteiger charge is -2.24. The van der Waals surface area contributed by atoms with Crippen LogP contribution in [-0.4, -0.2) is 73.0 Å². The number of methoxy groups -OCH3 is 1. The van der Waals surface area contributed by atoms with Crippen molar-refractivity contribution in [1.29, 1.82) is 0 Å². The van der Waals surface area contributed by atoms with Crippen molar-refractivity contribution in [1.82, 2.24) is 15.2 Å². The molecule has 35 heavy (non-hydrogen) atoms. The van der Waals surface area contributed by atoms with Crippen molar-refractivity contribution in [3.8, 4) is 5.88 Å². The quantitative estimate of drug-likeness (QED) is 0.240. The Labute approximate surface area is 205 Å². The lowest BCUT2D eigenvalue weighted by Crippen LogP contribution is -2.52. The van der Waals surface area contributed by atoms with E-state index in [0.29, 0.717) is 37.5 Å². The third-order valence-electron chi connectivity index (χ3n) is 5.29. The molecular weight excluding hydrogens is 450 g/mol. The molecule has 0 aliphatic heterocycles. The smallest absolute Gasteiger partial charge is 0.247 e. The van der Waals surface area contributed by atoms with Gasteiger partial charge in [-0.3, -0.25) is 14.4 Å². The number of carbonyl (C=O) groups is 3. The summed E-state index contributed by atoms with van der Waals surface area (Å²) in [6.45, 7) is 1.19. The highest BCUT2D eigenvalue weighted by Gasteiger charge is 2.26. The Morgan fingerprint density at radius 2 is 1.71 bits per heavy atom. The second kappa shape index (κ2) is 14.7. The molecule has 2 rings (SSSR count). The molecule has 0 unspecified atom stereocenters. The van der Waals surface area contributed by atoms with E-state index in [2.05, 4.69) is 15.6 Å². The van der Waals surface area contributed by atoms with Crippen LogP contribution in [0, 0.1) is 0 Å². The topological polar surface area (TPSA) is 179 Å². The van der Waals surface area contributed by atoms with Crippen LogP contribution in [0.15, 0.2) is 48.7 Å². The predicted octanol–water partition coefficient (Wildman–Crippen LogP) is -0.390. The maximum Gasteiger partial charge on any atom is 0.247 e. The van der Waals surface area contributed by atoms with E-state index in [9.17, 15) is 14.4 Å². The van der Waals surface area contributed by atoms with E-state index in [1.54, 1.807) is 12.1 Å². The van der Waals surface area contributed by atoms with Crippen LogP contribution in [-0.2, 0) is 20.8 Å². The second-order valence-electron chi connectivity index (χ2n) is 7.93. The molecule has 0 radical (unpaired) electrons. The number of anilines is 1. The van der Waals surface area contributed by atoms with E-state index < -0.39 is 23.9 Å². The number of benzene rings is 1. The molecule has 1 heterocycles. The number of nitrogens with two attached hydrogens (primary N) is 3. The maximum absolute atomic E-state index is 13.0. The summed E-state index contributed by atoms with van der Waals surface area (Å²) in [4.78, 5) is 43.9.